The molecule has 2 aromatic rings. The van der Waals surface area contributed by atoms with Gasteiger partial charge >= 0.3 is 29.6 Å². The average Bonchev–Trinajstić information content (AvgIpc) is 2.77. The van der Waals surface area contributed by atoms with E-state index in [4.69, 9.17) is 14.9 Å². The Morgan fingerprint density at radius 3 is 2.14 bits per heavy atom. The van der Waals surface area contributed by atoms with E-state index < -0.39 is 33.2 Å². The third-order valence-electron chi connectivity index (χ3n) is 4.57. The molecule has 0 heterocycles. The molecule has 190 valence electrons. The van der Waals surface area contributed by atoms with Gasteiger partial charge in [0.25, 0.3) is 0 Å². The van der Waals surface area contributed by atoms with E-state index in [2.05, 4.69) is 14.4 Å². The summed E-state index contributed by atoms with van der Waals surface area (Å²) in [5.74, 6) is -0.327. The van der Waals surface area contributed by atoms with E-state index in [0.717, 1.165) is 5.69 Å². The molecule has 0 saturated carbocycles. The summed E-state index contributed by atoms with van der Waals surface area (Å²) in [5.41, 5.74) is 2.06. The maximum atomic E-state index is 12.5. The van der Waals surface area contributed by atoms with Crippen LogP contribution in [0.5, 0.6) is 5.75 Å². The number of methoxy groups -OCH3 is 1. The summed E-state index contributed by atoms with van der Waals surface area (Å²) >= 11 is 0. The molecule has 0 aliphatic rings. The fourth-order valence-electron chi connectivity index (χ4n) is 3.01. The van der Waals surface area contributed by atoms with Gasteiger partial charge in [-0.05, 0) is 42.8 Å². The predicted octanol–water partition coefficient (Wildman–Crippen LogP) is -1.60. The minimum Gasteiger partial charge on any atom is -0.494 e. The third-order valence-corrected chi connectivity index (χ3v) is 6.74. The third kappa shape index (κ3) is 10.1. The number of aliphatic hydroxyl groups excluding tert-OH is 2. The molecule has 2 rings (SSSR count). The molecule has 0 amide bonds. The Labute approximate surface area is 228 Å². The monoisotopic (exact) mass is 541 g/mol. The van der Waals surface area contributed by atoms with Crippen LogP contribution in [-0.4, -0.2) is 69.9 Å². The summed E-state index contributed by atoms with van der Waals surface area (Å²) in [4.78, 5) is 1.81. The van der Waals surface area contributed by atoms with Gasteiger partial charge in [0.1, 0.15) is 11.4 Å². The minimum atomic E-state index is -3.82. The summed E-state index contributed by atoms with van der Waals surface area (Å²) in [7, 11) is -5.24. The van der Waals surface area contributed by atoms with Crippen molar-refractivity contribution in [1.82, 2.24) is 0 Å². The average molecular weight is 542 g/mol. The number of hydrogen-bond acceptors (Lipinski definition) is 12. The molecule has 4 N–H and O–H groups in total. The molecular weight excluding hydrogens is 513 g/mol. The molecule has 2 aromatic carbocycles. The van der Waals surface area contributed by atoms with Gasteiger partial charge in [-0.1, -0.05) is 0 Å². The fraction of sp³-hybridized carbons (Fsp3) is 0.400. The molecule has 12 nitrogen and oxygen atoms in total. The van der Waals surface area contributed by atoms with E-state index in [1.807, 2.05) is 4.90 Å². The SMILES string of the molecule is COc1cc(S(=O)(=O)CCO[S-](=O)=O)c(C)cc1N=Nc1ccc(N(CCO)CCO)cc1.O.[Na+]. The second-order valence-electron chi connectivity index (χ2n) is 6.79. The maximum Gasteiger partial charge on any atom is 1.00 e. The van der Waals surface area contributed by atoms with Gasteiger partial charge in [-0.2, -0.15) is 5.11 Å². The van der Waals surface area contributed by atoms with Crippen LogP contribution in [0.3, 0.4) is 0 Å². The van der Waals surface area contributed by atoms with E-state index in [9.17, 15) is 16.8 Å². The van der Waals surface area contributed by atoms with Crippen molar-refractivity contribution in [3.63, 3.8) is 0 Å². The molecule has 0 aliphatic carbocycles. The van der Waals surface area contributed by atoms with Crippen LogP contribution in [0.15, 0.2) is 51.5 Å². The summed E-state index contributed by atoms with van der Waals surface area (Å²) in [6, 6.07) is 9.85. The molecule has 0 aliphatic heterocycles. The number of sulfone groups is 1. The van der Waals surface area contributed by atoms with E-state index in [0.29, 0.717) is 30.0 Å². The first-order chi connectivity index (χ1) is 15.7. The molecule has 15 heteroatoms. The number of aliphatic hydroxyl groups is 2. The number of anilines is 1. The second kappa shape index (κ2) is 16.2. The van der Waals surface area contributed by atoms with Crippen molar-refractivity contribution >= 4 is 37.9 Å². The van der Waals surface area contributed by atoms with E-state index in [1.165, 1.54) is 19.2 Å². The van der Waals surface area contributed by atoms with Gasteiger partial charge in [0.15, 0.2) is 9.84 Å². The first kappa shape index (κ1) is 33.4. The standard InChI is InChI=1S/C20H26N3O8S2.Na.H2O/c1-15-13-18(19(30-2)14-20(15)33(28,29)12-11-31-32(26)27)22-21-16-3-5-17(6-4-16)23(7-9-24)8-10-25;;/h3-6,13-14,24-25H,7-12H2,1-2H3;;1H2/q-1;+1;. The molecule has 0 atom stereocenters. The first-order valence-electron chi connectivity index (χ1n) is 9.84. The second-order valence-corrected chi connectivity index (χ2v) is 9.51. The molecular formula is C20H28N3NaO9S2. The Morgan fingerprint density at radius 2 is 1.63 bits per heavy atom. The van der Waals surface area contributed by atoms with Crippen LogP contribution in [-0.2, 0) is 33.4 Å². The molecule has 0 saturated heterocycles. The number of hydrogen-bond donors (Lipinski definition) is 2. The smallest absolute Gasteiger partial charge is 0.494 e. The fourth-order valence-corrected chi connectivity index (χ4v) is 4.69. The van der Waals surface area contributed by atoms with Gasteiger partial charge in [-0.15, -0.1) is 5.11 Å². The van der Waals surface area contributed by atoms with Crippen LogP contribution in [0.25, 0.3) is 0 Å². The number of benzene rings is 2. The van der Waals surface area contributed by atoms with Crippen molar-refractivity contribution in [3.05, 3.63) is 42.0 Å². The van der Waals surface area contributed by atoms with E-state index in [1.54, 1.807) is 31.2 Å². The summed E-state index contributed by atoms with van der Waals surface area (Å²) in [5, 5.41) is 26.7. The summed E-state index contributed by atoms with van der Waals surface area (Å²) in [6.45, 7) is 1.77. The van der Waals surface area contributed by atoms with Crippen molar-refractivity contribution < 1.29 is 71.0 Å². The van der Waals surface area contributed by atoms with Gasteiger partial charge in [0.05, 0.1) is 47.6 Å². The maximum absolute atomic E-state index is 12.5. The first-order valence-corrected chi connectivity index (χ1v) is 12.5. The van der Waals surface area contributed by atoms with Crippen molar-refractivity contribution in [1.29, 1.82) is 0 Å². The Balaban J connectivity index is 0.00000578. The molecule has 0 radical (unpaired) electrons. The van der Waals surface area contributed by atoms with Crippen molar-refractivity contribution in [2.75, 3.05) is 50.7 Å². The molecule has 0 unspecified atom stereocenters. The van der Waals surface area contributed by atoms with Crippen molar-refractivity contribution in [2.24, 2.45) is 10.2 Å². The number of ether oxygens (including phenoxy) is 1. The molecule has 0 bridgehead atoms. The van der Waals surface area contributed by atoms with Crippen molar-refractivity contribution in [2.45, 2.75) is 11.8 Å². The minimum absolute atomic E-state index is 0. The zero-order chi connectivity index (χ0) is 24.4. The Kier molecular flexibility index (Phi) is 15.4. The van der Waals surface area contributed by atoms with Gasteiger partial charge in [0.2, 0.25) is 0 Å². The molecule has 35 heavy (non-hydrogen) atoms. The number of rotatable bonds is 13. The predicted molar refractivity (Wildman–Crippen MR) is 125 cm³/mol. The van der Waals surface area contributed by atoms with Crippen LogP contribution in [0.2, 0.25) is 0 Å². The van der Waals surface area contributed by atoms with Crippen molar-refractivity contribution in [3.8, 4) is 5.75 Å². The van der Waals surface area contributed by atoms with Crippen LogP contribution >= 0.6 is 0 Å². The molecule has 0 spiro atoms. The van der Waals surface area contributed by atoms with E-state index in [-0.39, 0.29) is 58.9 Å². The number of aryl methyl sites for hydroxylation is 1. The summed E-state index contributed by atoms with van der Waals surface area (Å²) < 4.78 is 55.6. The van der Waals surface area contributed by atoms with Gasteiger partial charge < -0.3 is 37.9 Å². The summed E-state index contributed by atoms with van der Waals surface area (Å²) in [6.07, 6.45) is 0. The van der Waals surface area contributed by atoms with Gasteiger partial charge in [-0.3, -0.25) is 0 Å². The number of nitrogens with zero attached hydrogens (tertiary/aromatic N) is 3. The Morgan fingerprint density at radius 1 is 1.03 bits per heavy atom. The largest absolute Gasteiger partial charge is 1.00 e. The molecule has 0 aromatic heterocycles. The van der Waals surface area contributed by atoms with E-state index >= 15 is 0 Å². The normalized spacial score (nSPS) is 11.2. The zero-order valence-corrected chi connectivity index (χ0v) is 23.3. The van der Waals surface area contributed by atoms with Crippen LogP contribution < -0.4 is 39.2 Å². The zero-order valence-electron chi connectivity index (χ0n) is 19.7. The number of azo groups is 1. The Hall–Kier alpha value is -1.62. The van der Waals surface area contributed by atoms with Gasteiger partial charge in [-0.25, -0.2) is 8.42 Å². The van der Waals surface area contributed by atoms with Crippen LogP contribution in [0.4, 0.5) is 17.1 Å². The van der Waals surface area contributed by atoms with Crippen LogP contribution in [0, 0.1) is 6.92 Å². The topological polar surface area (TPSA) is 187 Å². The van der Waals surface area contributed by atoms with Crippen LogP contribution in [0.1, 0.15) is 5.56 Å². The quantitative estimate of drug-likeness (QED) is 0.171. The molecule has 0 fully saturated rings. The Bertz CT molecular complexity index is 1130. The van der Waals surface area contributed by atoms with Gasteiger partial charge in [0, 0.05) is 31.5 Å².